The van der Waals surface area contributed by atoms with Gasteiger partial charge in [0.05, 0.1) is 0 Å². The largest absolute Gasteiger partial charge is 0.354 e. The third-order valence-corrected chi connectivity index (χ3v) is 4.41. The Bertz CT molecular complexity index is 664. The SMILES string of the molecule is CC1CCCN(c2cc3ccccc3c(=O)[nH]2)C1CN. The van der Waals surface area contributed by atoms with E-state index in [-0.39, 0.29) is 5.56 Å². The van der Waals surface area contributed by atoms with E-state index in [9.17, 15) is 4.79 Å². The van der Waals surface area contributed by atoms with Gasteiger partial charge >= 0.3 is 0 Å². The summed E-state index contributed by atoms with van der Waals surface area (Å²) in [4.78, 5) is 17.5. The van der Waals surface area contributed by atoms with Crippen LogP contribution in [0.1, 0.15) is 19.8 Å². The standard InChI is InChI=1S/C16H21N3O/c1-11-5-4-8-19(14(11)10-17)15-9-12-6-2-3-7-13(12)16(20)18-15/h2-3,6-7,9,11,14H,4-5,8,10,17H2,1H3,(H,18,20). The van der Waals surface area contributed by atoms with Crippen molar-refractivity contribution in [2.24, 2.45) is 11.7 Å². The summed E-state index contributed by atoms with van der Waals surface area (Å²) in [6, 6.07) is 10.1. The van der Waals surface area contributed by atoms with Crippen LogP contribution in [0.25, 0.3) is 10.8 Å². The van der Waals surface area contributed by atoms with Gasteiger partial charge in [-0.3, -0.25) is 4.79 Å². The van der Waals surface area contributed by atoms with Crippen molar-refractivity contribution in [1.29, 1.82) is 0 Å². The van der Waals surface area contributed by atoms with E-state index in [1.54, 1.807) is 0 Å². The first-order chi connectivity index (χ1) is 9.70. The van der Waals surface area contributed by atoms with E-state index in [0.717, 1.165) is 29.6 Å². The minimum atomic E-state index is -0.0212. The second kappa shape index (κ2) is 5.29. The number of nitrogens with one attached hydrogen (secondary N) is 1. The molecule has 1 aliphatic rings. The minimum absolute atomic E-state index is 0.0212. The average molecular weight is 271 g/mol. The first-order valence-corrected chi connectivity index (χ1v) is 7.29. The van der Waals surface area contributed by atoms with Crippen LogP contribution in [0.3, 0.4) is 0 Å². The summed E-state index contributed by atoms with van der Waals surface area (Å²) in [5.41, 5.74) is 5.92. The molecule has 3 rings (SSSR count). The lowest BCUT2D eigenvalue weighted by molar-refractivity contribution is 0.348. The quantitative estimate of drug-likeness (QED) is 0.879. The van der Waals surface area contributed by atoms with Crippen molar-refractivity contribution in [3.05, 3.63) is 40.7 Å². The third-order valence-electron chi connectivity index (χ3n) is 4.41. The fraction of sp³-hybridized carbons (Fsp3) is 0.438. The predicted octanol–water partition coefficient (Wildman–Crippen LogP) is 2.09. The number of nitrogens with two attached hydrogens (primary N) is 1. The summed E-state index contributed by atoms with van der Waals surface area (Å²) in [6.45, 7) is 3.82. The van der Waals surface area contributed by atoms with Crippen molar-refractivity contribution in [3.63, 3.8) is 0 Å². The Morgan fingerprint density at radius 3 is 3.00 bits per heavy atom. The van der Waals surface area contributed by atoms with E-state index in [1.807, 2.05) is 24.3 Å². The maximum atomic E-state index is 12.2. The molecule has 0 amide bonds. The second-order valence-corrected chi connectivity index (χ2v) is 5.69. The maximum absolute atomic E-state index is 12.2. The molecule has 1 aromatic heterocycles. The Labute approximate surface area is 118 Å². The number of pyridine rings is 1. The highest BCUT2D eigenvalue weighted by Crippen LogP contribution is 2.27. The molecule has 2 aromatic rings. The molecule has 2 atom stereocenters. The predicted molar refractivity (Wildman–Crippen MR) is 83.2 cm³/mol. The van der Waals surface area contributed by atoms with Gasteiger partial charge in [-0.15, -0.1) is 0 Å². The highest BCUT2D eigenvalue weighted by Gasteiger charge is 2.28. The van der Waals surface area contributed by atoms with Gasteiger partial charge in [0.25, 0.3) is 5.56 Å². The number of benzene rings is 1. The van der Waals surface area contributed by atoms with Crippen molar-refractivity contribution >= 4 is 16.6 Å². The van der Waals surface area contributed by atoms with Crippen LogP contribution >= 0.6 is 0 Å². The molecule has 1 aromatic carbocycles. The van der Waals surface area contributed by atoms with Crippen LogP contribution in [0, 0.1) is 5.92 Å². The van der Waals surface area contributed by atoms with Gasteiger partial charge in [0.1, 0.15) is 5.82 Å². The summed E-state index contributed by atoms with van der Waals surface area (Å²) in [6.07, 6.45) is 2.35. The molecule has 3 N–H and O–H groups in total. The number of fused-ring (bicyclic) bond motifs is 1. The maximum Gasteiger partial charge on any atom is 0.257 e. The van der Waals surface area contributed by atoms with Crippen LogP contribution < -0.4 is 16.2 Å². The van der Waals surface area contributed by atoms with Gasteiger partial charge in [0, 0.05) is 24.5 Å². The number of piperidine rings is 1. The molecule has 2 unspecified atom stereocenters. The van der Waals surface area contributed by atoms with Crippen molar-refractivity contribution in [2.75, 3.05) is 18.0 Å². The smallest absolute Gasteiger partial charge is 0.257 e. The van der Waals surface area contributed by atoms with Crippen molar-refractivity contribution < 1.29 is 0 Å². The lowest BCUT2D eigenvalue weighted by Gasteiger charge is -2.40. The molecule has 0 saturated carbocycles. The molecule has 0 radical (unpaired) electrons. The Hall–Kier alpha value is -1.81. The Morgan fingerprint density at radius 1 is 1.40 bits per heavy atom. The monoisotopic (exact) mass is 271 g/mol. The highest BCUT2D eigenvalue weighted by atomic mass is 16.1. The van der Waals surface area contributed by atoms with E-state index in [1.165, 1.54) is 6.42 Å². The van der Waals surface area contributed by atoms with Crippen molar-refractivity contribution in [2.45, 2.75) is 25.8 Å². The Morgan fingerprint density at radius 2 is 2.20 bits per heavy atom. The summed E-state index contributed by atoms with van der Waals surface area (Å²) >= 11 is 0. The molecule has 2 heterocycles. The number of aromatic amines is 1. The van der Waals surface area contributed by atoms with E-state index in [0.29, 0.717) is 18.5 Å². The summed E-state index contributed by atoms with van der Waals surface area (Å²) in [5.74, 6) is 1.46. The van der Waals surface area contributed by atoms with E-state index >= 15 is 0 Å². The van der Waals surface area contributed by atoms with Crippen LogP contribution in [0.2, 0.25) is 0 Å². The molecule has 20 heavy (non-hydrogen) atoms. The minimum Gasteiger partial charge on any atom is -0.354 e. The fourth-order valence-electron chi connectivity index (χ4n) is 3.26. The van der Waals surface area contributed by atoms with Gasteiger partial charge in [-0.05, 0) is 36.3 Å². The number of hydrogen-bond acceptors (Lipinski definition) is 3. The number of H-pyrrole nitrogens is 1. The third kappa shape index (κ3) is 2.20. The molecule has 0 aliphatic carbocycles. The van der Waals surface area contributed by atoms with Crippen LogP contribution in [0.4, 0.5) is 5.82 Å². The van der Waals surface area contributed by atoms with Gasteiger partial charge in [0.15, 0.2) is 0 Å². The lowest BCUT2D eigenvalue weighted by Crippen LogP contribution is -2.49. The molecule has 1 fully saturated rings. The molecule has 1 aliphatic heterocycles. The summed E-state index contributed by atoms with van der Waals surface area (Å²) < 4.78 is 0. The first-order valence-electron chi connectivity index (χ1n) is 7.29. The molecular weight excluding hydrogens is 250 g/mol. The zero-order valence-electron chi connectivity index (χ0n) is 11.8. The molecule has 0 bridgehead atoms. The van der Waals surface area contributed by atoms with Gasteiger partial charge in [-0.1, -0.05) is 25.1 Å². The summed E-state index contributed by atoms with van der Waals surface area (Å²) in [7, 11) is 0. The lowest BCUT2D eigenvalue weighted by atomic mass is 9.91. The first kappa shape index (κ1) is 13.2. The molecule has 106 valence electrons. The van der Waals surface area contributed by atoms with Gasteiger partial charge in [-0.2, -0.15) is 0 Å². The molecule has 1 saturated heterocycles. The van der Waals surface area contributed by atoms with E-state index in [2.05, 4.69) is 22.9 Å². The zero-order chi connectivity index (χ0) is 14.1. The molecule has 0 spiro atoms. The zero-order valence-corrected chi connectivity index (χ0v) is 11.8. The Kier molecular flexibility index (Phi) is 3.49. The number of hydrogen-bond donors (Lipinski definition) is 2. The Balaban J connectivity index is 2.07. The topological polar surface area (TPSA) is 62.1 Å². The number of anilines is 1. The van der Waals surface area contributed by atoms with Crippen LogP contribution in [-0.4, -0.2) is 24.1 Å². The van der Waals surface area contributed by atoms with Gasteiger partial charge in [-0.25, -0.2) is 0 Å². The number of aromatic nitrogens is 1. The molecule has 4 nitrogen and oxygen atoms in total. The number of nitrogens with zero attached hydrogens (tertiary/aromatic N) is 1. The van der Waals surface area contributed by atoms with Crippen molar-refractivity contribution in [3.8, 4) is 0 Å². The average Bonchev–Trinajstić information content (AvgIpc) is 2.47. The summed E-state index contributed by atoms with van der Waals surface area (Å²) in [5, 5.41) is 1.73. The fourth-order valence-corrected chi connectivity index (χ4v) is 3.26. The molecular formula is C16H21N3O. The van der Waals surface area contributed by atoms with Gasteiger partial charge in [0.2, 0.25) is 0 Å². The second-order valence-electron chi connectivity index (χ2n) is 5.69. The number of rotatable bonds is 2. The van der Waals surface area contributed by atoms with Crippen LogP contribution in [0.15, 0.2) is 35.1 Å². The normalized spacial score (nSPS) is 23.2. The highest BCUT2D eigenvalue weighted by molar-refractivity contribution is 5.83. The van der Waals surface area contributed by atoms with E-state index < -0.39 is 0 Å². The van der Waals surface area contributed by atoms with Crippen LogP contribution in [0.5, 0.6) is 0 Å². The van der Waals surface area contributed by atoms with E-state index in [4.69, 9.17) is 5.73 Å². The van der Waals surface area contributed by atoms with Gasteiger partial charge < -0.3 is 15.6 Å². The van der Waals surface area contributed by atoms with Crippen LogP contribution in [-0.2, 0) is 0 Å². The molecule has 4 heteroatoms. The van der Waals surface area contributed by atoms with Crippen molar-refractivity contribution in [1.82, 2.24) is 4.98 Å².